The second-order valence-electron chi connectivity index (χ2n) is 6.57. The lowest BCUT2D eigenvalue weighted by atomic mass is 9.80. The zero-order valence-corrected chi connectivity index (χ0v) is 15.1. The number of aromatic nitrogens is 2. The van der Waals surface area contributed by atoms with Crippen molar-refractivity contribution in [2.45, 2.75) is 19.8 Å². The SMILES string of the molecule is CC1(CN)CCN(c2cnc(-c3cccc(Cl)c3Cl)c(N)n2)CC1. The van der Waals surface area contributed by atoms with Crippen molar-refractivity contribution in [1.82, 2.24) is 9.97 Å². The minimum atomic E-state index is 0.212. The molecular weight excluding hydrogens is 345 g/mol. The standard InChI is InChI=1S/C17H21Cl2N5/c1-17(10-20)5-7-24(8-6-17)13-9-22-15(16(21)23-13)11-3-2-4-12(18)14(11)19/h2-4,9H,5-8,10,20H2,1H3,(H2,21,23). The number of rotatable bonds is 3. The van der Waals surface area contributed by atoms with Gasteiger partial charge in [0.15, 0.2) is 5.82 Å². The monoisotopic (exact) mass is 365 g/mol. The fourth-order valence-corrected chi connectivity index (χ4v) is 3.31. The van der Waals surface area contributed by atoms with E-state index in [0.29, 0.717) is 33.7 Å². The normalized spacial score (nSPS) is 17.1. The van der Waals surface area contributed by atoms with Crippen molar-refractivity contribution in [3.05, 3.63) is 34.4 Å². The van der Waals surface area contributed by atoms with Crippen molar-refractivity contribution in [3.63, 3.8) is 0 Å². The summed E-state index contributed by atoms with van der Waals surface area (Å²) in [6.45, 7) is 4.74. The molecule has 0 aliphatic carbocycles. The van der Waals surface area contributed by atoms with Crippen molar-refractivity contribution in [2.75, 3.05) is 30.3 Å². The molecule has 7 heteroatoms. The highest BCUT2D eigenvalue weighted by Crippen LogP contribution is 2.36. The van der Waals surface area contributed by atoms with E-state index in [1.165, 1.54) is 0 Å². The van der Waals surface area contributed by atoms with Crippen LogP contribution in [0.2, 0.25) is 10.0 Å². The van der Waals surface area contributed by atoms with Gasteiger partial charge in [-0.3, -0.25) is 0 Å². The molecule has 2 heterocycles. The number of piperidine rings is 1. The number of benzene rings is 1. The summed E-state index contributed by atoms with van der Waals surface area (Å²) in [5, 5.41) is 0.904. The third kappa shape index (κ3) is 3.29. The zero-order chi connectivity index (χ0) is 17.3. The first kappa shape index (κ1) is 17.3. The lowest BCUT2D eigenvalue weighted by Gasteiger charge is -2.39. The fourth-order valence-electron chi connectivity index (χ4n) is 2.92. The number of nitrogens with zero attached hydrogens (tertiary/aromatic N) is 3. The molecule has 2 aromatic rings. The van der Waals surface area contributed by atoms with E-state index in [4.69, 9.17) is 34.7 Å². The summed E-state index contributed by atoms with van der Waals surface area (Å²) < 4.78 is 0. The van der Waals surface area contributed by atoms with Crippen LogP contribution in [0.4, 0.5) is 11.6 Å². The zero-order valence-electron chi connectivity index (χ0n) is 13.6. The maximum absolute atomic E-state index is 6.26. The van der Waals surface area contributed by atoms with Gasteiger partial charge in [0.1, 0.15) is 11.5 Å². The highest BCUT2D eigenvalue weighted by molar-refractivity contribution is 6.43. The minimum absolute atomic E-state index is 0.212. The summed E-state index contributed by atoms with van der Waals surface area (Å²) in [7, 11) is 0. The van der Waals surface area contributed by atoms with Crippen LogP contribution in [0, 0.1) is 5.41 Å². The average molecular weight is 366 g/mol. The summed E-state index contributed by atoms with van der Waals surface area (Å²) in [5.41, 5.74) is 13.5. The molecule has 0 bridgehead atoms. The van der Waals surface area contributed by atoms with Crippen LogP contribution >= 0.6 is 23.2 Å². The Balaban J connectivity index is 1.85. The highest BCUT2D eigenvalue weighted by Gasteiger charge is 2.29. The second-order valence-corrected chi connectivity index (χ2v) is 7.35. The van der Waals surface area contributed by atoms with Gasteiger partial charge in [-0.1, -0.05) is 42.3 Å². The smallest absolute Gasteiger partial charge is 0.152 e. The van der Waals surface area contributed by atoms with Crippen LogP contribution in [0.1, 0.15) is 19.8 Å². The van der Waals surface area contributed by atoms with Crippen LogP contribution in [0.15, 0.2) is 24.4 Å². The summed E-state index contributed by atoms with van der Waals surface area (Å²) in [4.78, 5) is 11.2. The fraction of sp³-hybridized carbons (Fsp3) is 0.412. The Morgan fingerprint density at radius 2 is 1.96 bits per heavy atom. The Labute approximate surface area is 152 Å². The molecule has 0 amide bonds. The molecule has 1 aromatic carbocycles. The quantitative estimate of drug-likeness (QED) is 0.868. The molecule has 3 rings (SSSR count). The van der Waals surface area contributed by atoms with Gasteiger partial charge in [-0.15, -0.1) is 0 Å². The molecule has 1 fully saturated rings. The van der Waals surface area contributed by atoms with E-state index < -0.39 is 0 Å². The van der Waals surface area contributed by atoms with Gasteiger partial charge < -0.3 is 16.4 Å². The number of anilines is 2. The number of halogens is 2. The van der Waals surface area contributed by atoms with Crippen LogP contribution < -0.4 is 16.4 Å². The van der Waals surface area contributed by atoms with E-state index in [2.05, 4.69) is 21.8 Å². The third-order valence-electron chi connectivity index (χ3n) is 4.78. The number of hydrogen-bond donors (Lipinski definition) is 2. The van der Waals surface area contributed by atoms with Gasteiger partial charge in [0.05, 0.1) is 16.2 Å². The van der Waals surface area contributed by atoms with E-state index >= 15 is 0 Å². The lowest BCUT2D eigenvalue weighted by Crippen LogP contribution is -2.42. The number of nitrogens with two attached hydrogens (primary N) is 2. The maximum Gasteiger partial charge on any atom is 0.152 e. The van der Waals surface area contributed by atoms with Crippen molar-refractivity contribution in [2.24, 2.45) is 11.1 Å². The third-order valence-corrected chi connectivity index (χ3v) is 5.60. The van der Waals surface area contributed by atoms with Gasteiger partial charge in [0, 0.05) is 18.7 Å². The van der Waals surface area contributed by atoms with E-state index in [-0.39, 0.29) is 5.41 Å². The van der Waals surface area contributed by atoms with Gasteiger partial charge in [-0.2, -0.15) is 0 Å². The molecule has 1 saturated heterocycles. The topological polar surface area (TPSA) is 81.1 Å². The summed E-state index contributed by atoms with van der Waals surface area (Å²) >= 11 is 12.3. The molecule has 24 heavy (non-hydrogen) atoms. The predicted molar refractivity (Wildman–Crippen MR) is 101 cm³/mol. The Bertz CT molecular complexity index is 742. The molecule has 0 saturated carbocycles. The largest absolute Gasteiger partial charge is 0.382 e. The van der Waals surface area contributed by atoms with E-state index in [1.807, 2.05) is 12.1 Å². The van der Waals surface area contributed by atoms with Crippen LogP contribution in [0.25, 0.3) is 11.3 Å². The number of hydrogen-bond acceptors (Lipinski definition) is 5. The molecule has 128 valence electrons. The van der Waals surface area contributed by atoms with Crippen LogP contribution in [0.3, 0.4) is 0 Å². The Morgan fingerprint density at radius 3 is 2.58 bits per heavy atom. The van der Waals surface area contributed by atoms with Crippen molar-refractivity contribution in [3.8, 4) is 11.3 Å². The van der Waals surface area contributed by atoms with E-state index in [1.54, 1.807) is 12.3 Å². The first-order chi connectivity index (χ1) is 11.4. The molecule has 0 atom stereocenters. The predicted octanol–water partition coefficient (Wildman–Crippen LogP) is 3.60. The first-order valence-electron chi connectivity index (χ1n) is 7.95. The van der Waals surface area contributed by atoms with Crippen molar-refractivity contribution in [1.29, 1.82) is 0 Å². The van der Waals surface area contributed by atoms with E-state index in [9.17, 15) is 0 Å². The number of nitrogen functional groups attached to an aromatic ring is 1. The molecule has 1 aromatic heterocycles. The van der Waals surface area contributed by atoms with Crippen LogP contribution in [-0.4, -0.2) is 29.6 Å². The molecule has 0 spiro atoms. The lowest BCUT2D eigenvalue weighted by molar-refractivity contribution is 0.258. The van der Waals surface area contributed by atoms with Crippen molar-refractivity contribution >= 4 is 34.8 Å². The molecular formula is C17H21Cl2N5. The maximum atomic E-state index is 6.26. The minimum Gasteiger partial charge on any atom is -0.382 e. The molecule has 4 N–H and O–H groups in total. The van der Waals surface area contributed by atoms with Crippen LogP contribution in [-0.2, 0) is 0 Å². The molecule has 0 radical (unpaired) electrons. The highest BCUT2D eigenvalue weighted by atomic mass is 35.5. The van der Waals surface area contributed by atoms with Crippen molar-refractivity contribution < 1.29 is 0 Å². The molecule has 5 nitrogen and oxygen atoms in total. The second kappa shape index (κ2) is 6.75. The molecule has 1 aliphatic heterocycles. The van der Waals surface area contributed by atoms with Crippen LogP contribution in [0.5, 0.6) is 0 Å². The van der Waals surface area contributed by atoms with Gasteiger partial charge in [-0.05, 0) is 30.9 Å². The van der Waals surface area contributed by atoms with Gasteiger partial charge in [-0.25, -0.2) is 9.97 Å². The first-order valence-corrected chi connectivity index (χ1v) is 8.71. The summed E-state index contributed by atoms with van der Waals surface area (Å²) in [5.74, 6) is 1.14. The Morgan fingerprint density at radius 1 is 1.25 bits per heavy atom. The van der Waals surface area contributed by atoms with E-state index in [0.717, 1.165) is 31.7 Å². The average Bonchev–Trinajstić information content (AvgIpc) is 2.58. The molecule has 0 unspecified atom stereocenters. The summed E-state index contributed by atoms with van der Waals surface area (Å²) in [6.07, 6.45) is 3.81. The molecule has 1 aliphatic rings. The Hall–Kier alpha value is -1.56. The van der Waals surface area contributed by atoms with Gasteiger partial charge in [0.25, 0.3) is 0 Å². The van der Waals surface area contributed by atoms with Gasteiger partial charge >= 0.3 is 0 Å². The van der Waals surface area contributed by atoms with Gasteiger partial charge in [0.2, 0.25) is 0 Å². The Kier molecular flexibility index (Phi) is 4.85. The summed E-state index contributed by atoms with van der Waals surface area (Å²) in [6, 6.07) is 5.38.